The van der Waals surface area contributed by atoms with Gasteiger partial charge in [-0.2, -0.15) is 0 Å². The summed E-state index contributed by atoms with van der Waals surface area (Å²) in [6.45, 7) is 10.2. The summed E-state index contributed by atoms with van der Waals surface area (Å²) in [6.07, 6.45) is 0.865. The van der Waals surface area contributed by atoms with Gasteiger partial charge < -0.3 is 5.73 Å². The molecule has 1 heteroatoms. The van der Waals surface area contributed by atoms with E-state index in [2.05, 4.69) is 38.6 Å². The van der Waals surface area contributed by atoms with Gasteiger partial charge in [-0.15, -0.1) is 6.58 Å². The fraction of sp³-hybridized carbons (Fsp3) is 0.385. The molecule has 1 rings (SSSR count). The van der Waals surface area contributed by atoms with E-state index in [-0.39, 0.29) is 6.04 Å². The van der Waals surface area contributed by atoms with Crippen molar-refractivity contribution in [2.24, 2.45) is 5.73 Å². The van der Waals surface area contributed by atoms with Crippen molar-refractivity contribution < 1.29 is 0 Å². The van der Waals surface area contributed by atoms with Crippen LogP contribution in [0.1, 0.15) is 36.1 Å². The van der Waals surface area contributed by atoms with Gasteiger partial charge in [-0.3, -0.25) is 0 Å². The van der Waals surface area contributed by atoms with Crippen molar-refractivity contribution in [3.05, 3.63) is 47.0 Å². The van der Waals surface area contributed by atoms with Gasteiger partial charge in [-0.05, 0) is 43.9 Å². The zero-order valence-electron chi connectivity index (χ0n) is 9.30. The molecule has 0 heterocycles. The Kier molecular flexibility index (Phi) is 3.48. The van der Waals surface area contributed by atoms with Gasteiger partial charge in [0, 0.05) is 6.04 Å². The molecule has 0 radical (unpaired) electrons. The van der Waals surface area contributed by atoms with E-state index in [0.717, 1.165) is 12.0 Å². The highest BCUT2D eigenvalue weighted by Gasteiger charge is 2.09. The van der Waals surface area contributed by atoms with Crippen molar-refractivity contribution in [2.45, 2.75) is 33.2 Å². The fourth-order valence-electron chi connectivity index (χ4n) is 1.66. The Labute approximate surface area is 86.6 Å². The number of benzene rings is 1. The molecule has 0 aliphatic heterocycles. The van der Waals surface area contributed by atoms with Crippen LogP contribution in [0.2, 0.25) is 0 Å². The van der Waals surface area contributed by atoms with Crippen molar-refractivity contribution >= 4 is 0 Å². The summed E-state index contributed by atoms with van der Waals surface area (Å²) in [5.41, 5.74) is 11.1. The van der Waals surface area contributed by atoms with Crippen molar-refractivity contribution in [3.63, 3.8) is 0 Å². The van der Waals surface area contributed by atoms with Crippen LogP contribution in [0.4, 0.5) is 0 Å². The van der Waals surface area contributed by atoms with Crippen LogP contribution in [-0.2, 0) is 0 Å². The number of rotatable bonds is 3. The molecule has 0 bridgehead atoms. The van der Waals surface area contributed by atoms with Crippen molar-refractivity contribution in [1.82, 2.24) is 0 Å². The molecule has 2 N–H and O–H groups in total. The van der Waals surface area contributed by atoms with Crippen molar-refractivity contribution in [3.8, 4) is 0 Å². The van der Waals surface area contributed by atoms with Gasteiger partial charge in [0.2, 0.25) is 0 Å². The minimum Gasteiger partial charge on any atom is -0.324 e. The van der Waals surface area contributed by atoms with Gasteiger partial charge in [0.05, 0.1) is 0 Å². The first kappa shape index (κ1) is 11.0. The molecule has 1 aromatic carbocycles. The fourth-order valence-corrected chi connectivity index (χ4v) is 1.66. The average Bonchev–Trinajstić information content (AvgIpc) is 2.08. The van der Waals surface area contributed by atoms with Crippen LogP contribution < -0.4 is 5.73 Å². The zero-order valence-corrected chi connectivity index (χ0v) is 9.30. The summed E-state index contributed by atoms with van der Waals surface area (Å²) in [4.78, 5) is 0. The van der Waals surface area contributed by atoms with E-state index in [1.54, 1.807) is 0 Å². The van der Waals surface area contributed by atoms with E-state index in [1.807, 2.05) is 6.92 Å². The third-order valence-electron chi connectivity index (χ3n) is 2.61. The molecule has 0 spiro atoms. The van der Waals surface area contributed by atoms with Gasteiger partial charge in [0.15, 0.2) is 0 Å². The standard InChI is InChI=1S/C13H19N/c1-9(2)8-13(14)12-7-5-6-10(3)11(12)4/h5-7,13H,1,8,14H2,2-4H3/t13-/m0/s1. The maximum Gasteiger partial charge on any atom is 0.0335 e. The SMILES string of the molecule is C=C(C)C[C@H](N)c1cccc(C)c1C. The molecule has 1 aromatic rings. The predicted octanol–water partition coefficient (Wildman–Crippen LogP) is 3.27. The summed E-state index contributed by atoms with van der Waals surface area (Å²) in [5.74, 6) is 0. The van der Waals surface area contributed by atoms with Crippen LogP contribution >= 0.6 is 0 Å². The Hall–Kier alpha value is -1.08. The maximum absolute atomic E-state index is 6.10. The van der Waals surface area contributed by atoms with E-state index < -0.39 is 0 Å². The Morgan fingerprint density at radius 3 is 2.64 bits per heavy atom. The van der Waals surface area contributed by atoms with Crippen molar-refractivity contribution in [2.75, 3.05) is 0 Å². The smallest absolute Gasteiger partial charge is 0.0335 e. The number of hydrogen-bond donors (Lipinski definition) is 1. The molecule has 0 aliphatic rings. The molecule has 0 saturated carbocycles. The Balaban J connectivity index is 2.95. The van der Waals surface area contributed by atoms with Crippen molar-refractivity contribution in [1.29, 1.82) is 0 Å². The molecule has 0 saturated heterocycles. The average molecular weight is 189 g/mol. The van der Waals surface area contributed by atoms with Crippen LogP contribution in [0.3, 0.4) is 0 Å². The first-order valence-electron chi connectivity index (χ1n) is 4.98. The predicted molar refractivity (Wildman–Crippen MR) is 62.3 cm³/mol. The second-order valence-electron chi connectivity index (χ2n) is 4.06. The van der Waals surface area contributed by atoms with Crippen LogP contribution in [0.5, 0.6) is 0 Å². The molecular weight excluding hydrogens is 170 g/mol. The number of hydrogen-bond acceptors (Lipinski definition) is 1. The quantitative estimate of drug-likeness (QED) is 0.726. The molecule has 14 heavy (non-hydrogen) atoms. The van der Waals surface area contributed by atoms with Crippen LogP contribution in [0.25, 0.3) is 0 Å². The highest BCUT2D eigenvalue weighted by molar-refractivity contribution is 5.35. The van der Waals surface area contributed by atoms with Crippen LogP contribution in [-0.4, -0.2) is 0 Å². The number of nitrogens with two attached hydrogens (primary N) is 1. The summed E-state index contributed by atoms with van der Waals surface area (Å²) in [5, 5.41) is 0. The molecule has 0 aromatic heterocycles. The molecule has 0 unspecified atom stereocenters. The van der Waals surface area contributed by atoms with E-state index in [1.165, 1.54) is 16.7 Å². The van der Waals surface area contributed by atoms with Crippen LogP contribution in [0, 0.1) is 13.8 Å². The monoisotopic (exact) mass is 189 g/mol. The van der Waals surface area contributed by atoms with Gasteiger partial charge in [0.1, 0.15) is 0 Å². The normalized spacial score (nSPS) is 12.6. The Morgan fingerprint density at radius 2 is 2.07 bits per heavy atom. The molecular formula is C13H19N. The maximum atomic E-state index is 6.10. The molecule has 1 atom stereocenters. The van der Waals surface area contributed by atoms with Gasteiger partial charge in [0.25, 0.3) is 0 Å². The largest absolute Gasteiger partial charge is 0.324 e. The van der Waals surface area contributed by atoms with E-state index in [4.69, 9.17) is 5.73 Å². The zero-order chi connectivity index (χ0) is 10.7. The summed E-state index contributed by atoms with van der Waals surface area (Å²) >= 11 is 0. The van der Waals surface area contributed by atoms with Gasteiger partial charge in [-0.1, -0.05) is 23.8 Å². The molecule has 76 valence electrons. The van der Waals surface area contributed by atoms with Gasteiger partial charge in [-0.25, -0.2) is 0 Å². The Bertz CT molecular complexity index is 339. The van der Waals surface area contributed by atoms with Crippen LogP contribution in [0.15, 0.2) is 30.4 Å². The molecule has 0 aliphatic carbocycles. The van der Waals surface area contributed by atoms with E-state index in [9.17, 15) is 0 Å². The summed E-state index contributed by atoms with van der Waals surface area (Å²) < 4.78 is 0. The third-order valence-corrected chi connectivity index (χ3v) is 2.61. The topological polar surface area (TPSA) is 26.0 Å². The molecule has 0 fully saturated rings. The lowest BCUT2D eigenvalue weighted by Crippen LogP contribution is -2.12. The minimum absolute atomic E-state index is 0.0902. The lowest BCUT2D eigenvalue weighted by Gasteiger charge is -2.16. The summed E-state index contributed by atoms with van der Waals surface area (Å²) in [6, 6.07) is 6.38. The molecule has 1 nitrogen and oxygen atoms in total. The van der Waals surface area contributed by atoms with E-state index >= 15 is 0 Å². The first-order valence-corrected chi connectivity index (χ1v) is 4.98. The highest BCUT2D eigenvalue weighted by atomic mass is 14.6. The first-order chi connectivity index (χ1) is 6.52. The number of aryl methyl sites for hydroxylation is 1. The van der Waals surface area contributed by atoms with Gasteiger partial charge >= 0.3 is 0 Å². The van der Waals surface area contributed by atoms with E-state index in [0.29, 0.717) is 0 Å². The Morgan fingerprint density at radius 1 is 1.43 bits per heavy atom. The minimum atomic E-state index is 0.0902. The summed E-state index contributed by atoms with van der Waals surface area (Å²) in [7, 11) is 0. The molecule has 0 amide bonds. The third kappa shape index (κ3) is 2.46. The lowest BCUT2D eigenvalue weighted by molar-refractivity contribution is 0.711. The second kappa shape index (κ2) is 4.43. The second-order valence-corrected chi connectivity index (χ2v) is 4.06. The lowest BCUT2D eigenvalue weighted by atomic mass is 9.94. The highest BCUT2D eigenvalue weighted by Crippen LogP contribution is 2.22.